The van der Waals surface area contributed by atoms with E-state index in [1.165, 1.54) is 57.9 Å². The fourth-order valence-electron chi connectivity index (χ4n) is 7.27. The van der Waals surface area contributed by atoms with Gasteiger partial charge in [-0.1, -0.05) is 83.1 Å². The molecule has 61 heavy (non-hydrogen) atoms. The molecule has 0 spiro atoms. The highest BCUT2D eigenvalue weighted by molar-refractivity contribution is 7.83. The third-order valence-electron chi connectivity index (χ3n) is 10.5. The summed E-state index contributed by atoms with van der Waals surface area (Å²) >= 11 is 0. The van der Waals surface area contributed by atoms with Gasteiger partial charge in [0.05, 0.1) is 53.1 Å². The van der Waals surface area contributed by atoms with E-state index in [0.717, 1.165) is 70.6 Å². The highest BCUT2D eigenvalue weighted by atomic mass is 32.2. The quantitative estimate of drug-likeness (QED) is 0.0133. The molecule has 0 aromatic rings. The van der Waals surface area contributed by atoms with Crippen molar-refractivity contribution < 1.29 is 79.4 Å². The van der Waals surface area contributed by atoms with Crippen LogP contribution in [0.1, 0.15) is 135 Å². The molecule has 0 aromatic carbocycles. The van der Waals surface area contributed by atoms with Crippen LogP contribution in [-0.4, -0.2) is 148 Å². The number of fused-ring (bicyclic) bond motifs is 2. The van der Waals surface area contributed by atoms with E-state index in [1.54, 1.807) is 6.08 Å². The van der Waals surface area contributed by atoms with Gasteiger partial charge in [-0.05, 0) is 38.5 Å². The third kappa shape index (κ3) is 27.4. The Balaban J connectivity index is 1.54. The lowest BCUT2D eigenvalue weighted by Gasteiger charge is -2.35. The topological polar surface area (TPSA) is 243 Å². The van der Waals surface area contributed by atoms with E-state index >= 15 is 0 Å². The van der Waals surface area contributed by atoms with Crippen LogP contribution in [0.25, 0.3) is 0 Å². The number of hydrogen-bond donors (Lipinski definition) is 5. The van der Waals surface area contributed by atoms with Crippen molar-refractivity contribution >= 4 is 30.1 Å². The molecular weight excluding hydrogens is 839 g/mol. The van der Waals surface area contributed by atoms with Crippen molar-refractivity contribution in [1.82, 2.24) is 4.72 Å². The van der Waals surface area contributed by atoms with Crippen molar-refractivity contribution in [2.45, 2.75) is 172 Å². The SMILES string of the molecule is CC(=O)O[C@@H]1CC[C@]2(CCCCCCCCCCCCCCOC[C@H](CO)NS(=O)(=O)O)O[C@H]1[C@@H](CCCCC/C=C/C(=O)OC[C@@H](O)COP(=O)(O)OCC[N+](C)(C)C)O2. The molecule has 358 valence electrons. The Bertz CT molecular complexity index is 1420. The Kier molecular flexibility index (Phi) is 27.1. The summed E-state index contributed by atoms with van der Waals surface area (Å²) < 4.78 is 83.7. The molecule has 2 fully saturated rings. The fourth-order valence-corrected chi connectivity index (χ4v) is 8.58. The Morgan fingerprint density at radius 1 is 0.885 bits per heavy atom. The molecule has 2 rings (SSSR count). The average Bonchev–Trinajstić information content (AvgIpc) is 3.47. The molecule has 2 aliphatic rings. The minimum absolute atomic E-state index is 0.00629. The molecule has 0 aliphatic carbocycles. The summed E-state index contributed by atoms with van der Waals surface area (Å²) in [6, 6.07) is -0.853. The van der Waals surface area contributed by atoms with Gasteiger partial charge >= 0.3 is 30.1 Å². The molecule has 20 heteroatoms. The van der Waals surface area contributed by atoms with Crippen LogP contribution < -0.4 is 4.72 Å². The number of likely N-dealkylation sites (N-methyl/N-ethyl adjacent to an activating group) is 1. The highest BCUT2D eigenvalue weighted by Gasteiger charge is 2.54. The zero-order chi connectivity index (χ0) is 45.2. The summed E-state index contributed by atoms with van der Waals surface area (Å²) in [5.41, 5.74) is 0. The van der Waals surface area contributed by atoms with E-state index in [0.29, 0.717) is 30.5 Å². The lowest BCUT2D eigenvalue weighted by Crippen LogP contribution is -2.43. The molecule has 0 radical (unpaired) electrons. The lowest BCUT2D eigenvalue weighted by atomic mass is 9.94. The molecule has 5 N–H and O–H groups in total. The largest absolute Gasteiger partial charge is 0.472 e. The number of carbonyl (C=O) groups is 2. The highest BCUT2D eigenvalue weighted by Crippen LogP contribution is 2.46. The maximum Gasteiger partial charge on any atom is 0.472 e. The van der Waals surface area contributed by atoms with Crippen molar-refractivity contribution in [2.75, 3.05) is 67.3 Å². The molecule has 0 aromatic heterocycles. The van der Waals surface area contributed by atoms with E-state index in [-0.39, 0.29) is 37.5 Å². The zero-order valence-electron chi connectivity index (χ0n) is 37.1. The maximum atomic E-state index is 12.1. The lowest BCUT2D eigenvalue weighted by molar-refractivity contribution is -0.870. The molecule has 1 unspecified atom stereocenters. The minimum atomic E-state index is -4.37. The van der Waals surface area contributed by atoms with E-state index in [2.05, 4.69) is 0 Å². The van der Waals surface area contributed by atoms with E-state index in [4.69, 9.17) is 42.4 Å². The van der Waals surface area contributed by atoms with E-state index in [9.17, 15) is 32.6 Å². The number of rotatable bonds is 37. The number of nitrogens with zero attached hydrogens (tertiary/aromatic N) is 1. The number of ether oxygens (including phenoxy) is 5. The number of allylic oxidation sites excluding steroid dienone is 1. The van der Waals surface area contributed by atoms with Crippen LogP contribution in [0.2, 0.25) is 0 Å². The molecule has 0 saturated carbocycles. The first-order chi connectivity index (χ1) is 28.8. The van der Waals surface area contributed by atoms with Crippen LogP contribution in [-0.2, 0) is 57.2 Å². The van der Waals surface area contributed by atoms with Gasteiger partial charge in [-0.15, -0.1) is 0 Å². The molecule has 2 bridgehead atoms. The van der Waals surface area contributed by atoms with Crippen LogP contribution in [0.4, 0.5) is 0 Å². The third-order valence-corrected chi connectivity index (χ3v) is 12.1. The van der Waals surface area contributed by atoms with Crippen LogP contribution in [0.3, 0.4) is 0 Å². The second kappa shape index (κ2) is 29.8. The molecule has 7 atom stereocenters. The van der Waals surface area contributed by atoms with Gasteiger partial charge in [0, 0.05) is 32.4 Å². The number of aliphatic hydroxyl groups excluding tert-OH is 2. The maximum absolute atomic E-state index is 12.1. The van der Waals surface area contributed by atoms with Gasteiger partial charge in [-0.25, -0.2) is 9.36 Å². The number of phosphoric ester groups is 1. The minimum Gasteiger partial charge on any atom is -0.460 e. The predicted molar refractivity (Wildman–Crippen MR) is 227 cm³/mol. The molecule has 0 amide bonds. The predicted octanol–water partition coefficient (Wildman–Crippen LogP) is 5.28. The first-order valence-electron chi connectivity index (χ1n) is 22.2. The number of carbonyl (C=O) groups excluding carboxylic acids is 2. The molecule has 2 aliphatic heterocycles. The van der Waals surface area contributed by atoms with Crippen LogP contribution in [0.5, 0.6) is 0 Å². The molecule has 2 saturated heterocycles. The summed E-state index contributed by atoms with van der Waals surface area (Å²) in [6.07, 6.45) is 20.8. The summed E-state index contributed by atoms with van der Waals surface area (Å²) in [4.78, 5) is 33.7. The number of aliphatic hydroxyl groups is 2. The monoisotopic (exact) mass is 917 g/mol. The van der Waals surface area contributed by atoms with Gasteiger partial charge in [0.2, 0.25) is 0 Å². The second-order valence-corrected chi connectivity index (χ2v) is 20.0. The first kappa shape index (κ1) is 55.6. The molecular formula is C41H78N2O16PS+. The van der Waals surface area contributed by atoms with Crippen molar-refractivity contribution in [3.63, 3.8) is 0 Å². The van der Waals surface area contributed by atoms with Crippen molar-refractivity contribution in [3.8, 4) is 0 Å². The number of nitrogens with one attached hydrogen (secondary N) is 1. The van der Waals surface area contributed by atoms with Gasteiger partial charge in [0.25, 0.3) is 0 Å². The Hall–Kier alpha value is -1.58. The Labute approximate surface area is 364 Å². The zero-order valence-corrected chi connectivity index (χ0v) is 38.8. The summed E-state index contributed by atoms with van der Waals surface area (Å²) in [7, 11) is -2.97. The van der Waals surface area contributed by atoms with E-state index in [1.807, 2.05) is 25.9 Å². The fraction of sp³-hybridized carbons (Fsp3) is 0.902. The second-order valence-electron chi connectivity index (χ2n) is 17.3. The summed E-state index contributed by atoms with van der Waals surface area (Å²) in [5, 5.41) is 19.1. The van der Waals surface area contributed by atoms with Crippen LogP contribution >= 0.6 is 7.82 Å². The van der Waals surface area contributed by atoms with Gasteiger partial charge in [-0.3, -0.25) is 18.4 Å². The number of unbranched alkanes of at least 4 members (excludes halogenated alkanes) is 14. The first-order valence-corrected chi connectivity index (χ1v) is 25.2. The average molecular weight is 918 g/mol. The molecule has 18 nitrogen and oxygen atoms in total. The van der Waals surface area contributed by atoms with E-state index < -0.39 is 61.8 Å². The standard InChI is InChI=1S/C41H77N2O16PS/c1-34(45)57-37-24-26-41(25-20-16-11-9-7-5-6-8-10-12-17-21-28-53-31-35(30-44)42-61(50,51)52)58-38(40(37)59-41)22-18-14-13-15-19-23-39(47)54-32-36(46)33-56-60(48,49)55-29-27-43(2,3)4/h19,23,35-38,40,42,44,46H,5-18,20-22,24-33H2,1-4H3,(H-,48,49,50,51,52)/p+1/b23-19+/t35-,36+,37+,38+,40+,41-/m0/s1. The summed E-state index contributed by atoms with van der Waals surface area (Å²) in [5.74, 6) is -1.58. The van der Waals surface area contributed by atoms with Crippen LogP contribution in [0.15, 0.2) is 12.2 Å². The number of phosphoric acid groups is 1. The van der Waals surface area contributed by atoms with Crippen molar-refractivity contribution in [2.24, 2.45) is 0 Å². The smallest absolute Gasteiger partial charge is 0.460 e. The molecule has 2 heterocycles. The number of quaternary nitrogens is 1. The Morgan fingerprint density at radius 2 is 1.51 bits per heavy atom. The normalized spacial score (nSPS) is 22.6. The van der Waals surface area contributed by atoms with Gasteiger partial charge in [-0.2, -0.15) is 13.1 Å². The van der Waals surface area contributed by atoms with Crippen LogP contribution in [0, 0.1) is 0 Å². The van der Waals surface area contributed by atoms with Crippen molar-refractivity contribution in [1.29, 1.82) is 0 Å². The summed E-state index contributed by atoms with van der Waals surface area (Å²) in [6.45, 7) is 1.04. The number of hydrogen-bond acceptors (Lipinski definition) is 14. The van der Waals surface area contributed by atoms with Gasteiger partial charge < -0.3 is 43.3 Å². The van der Waals surface area contributed by atoms with Crippen molar-refractivity contribution in [3.05, 3.63) is 12.2 Å². The Morgan fingerprint density at radius 3 is 2.11 bits per heavy atom. The number of esters is 2. The van der Waals surface area contributed by atoms with Gasteiger partial charge in [0.15, 0.2) is 5.79 Å². The van der Waals surface area contributed by atoms with Gasteiger partial charge in [0.1, 0.15) is 38.1 Å².